The van der Waals surface area contributed by atoms with E-state index in [1.165, 1.54) is 38.1 Å². The van der Waals surface area contributed by atoms with E-state index in [1.807, 2.05) is 18.2 Å². The molecule has 5 nitrogen and oxygen atoms in total. The summed E-state index contributed by atoms with van der Waals surface area (Å²) in [6.45, 7) is 0. The van der Waals surface area contributed by atoms with E-state index in [0.717, 1.165) is 66.6 Å². The molecule has 0 radical (unpaired) electrons. The number of nitrogens with zero attached hydrogens (tertiary/aromatic N) is 5. The minimum atomic E-state index is 0.615. The Hall–Kier alpha value is -8.93. The summed E-state index contributed by atoms with van der Waals surface area (Å²) >= 11 is 0. The van der Waals surface area contributed by atoms with Gasteiger partial charge in [0.05, 0.1) is 27.8 Å². The molecular weight excluding hydrogens is 803 g/mol. The van der Waals surface area contributed by atoms with Crippen LogP contribution in [0, 0.1) is 0 Å². The van der Waals surface area contributed by atoms with E-state index in [-0.39, 0.29) is 0 Å². The first-order chi connectivity index (χ1) is 32.7. The molecule has 0 fully saturated rings. The number of rotatable bonds is 7. The van der Waals surface area contributed by atoms with E-state index in [0.29, 0.717) is 17.5 Å². The smallest absolute Gasteiger partial charge is 0.164 e. The van der Waals surface area contributed by atoms with Crippen molar-refractivity contribution in [1.82, 2.24) is 24.1 Å². The van der Waals surface area contributed by atoms with Crippen molar-refractivity contribution in [2.45, 2.75) is 0 Å². The molecule has 0 amide bonds. The summed E-state index contributed by atoms with van der Waals surface area (Å²) in [5, 5.41) is 7.15. The number of para-hydroxylation sites is 4. The van der Waals surface area contributed by atoms with Crippen LogP contribution in [0.3, 0.4) is 0 Å². The second-order valence-corrected chi connectivity index (χ2v) is 16.8. The second-order valence-electron chi connectivity index (χ2n) is 16.8. The quantitative estimate of drug-likeness (QED) is 0.161. The van der Waals surface area contributed by atoms with Gasteiger partial charge >= 0.3 is 0 Å². The van der Waals surface area contributed by atoms with Gasteiger partial charge in [-0.25, -0.2) is 15.0 Å². The lowest BCUT2D eigenvalue weighted by molar-refractivity contribution is 1.07. The van der Waals surface area contributed by atoms with E-state index < -0.39 is 0 Å². The maximum Gasteiger partial charge on any atom is 0.164 e. The van der Waals surface area contributed by atoms with Crippen molar-refractivity contribution in [1.29, 1.82) is 0 Å². The molecule has 308 valence electrons. The van der Waals surface area contributed by atoms with Crippen LogP contribution in [0.2, 0.25) is 0 Å². The minimum absolute atomic E-state index is 0.615. The monoisotopic (exact) mass is 841 g/mol. The maximum absolute atomic E-state index is 5.25. The van der Waals surface area contributed by atoms with Crippen LogP contribution in [0.4, 0.5) is 0 Å². The van der Waals surface area contributed by atoms with Crippen LogP contribution < -0.4 is 0 Å². The molecule has 0 aliphatic heterocycles. The lowest BCUT2D eigenvalue weighted by atomic mass is 9.95. The van der Waals surface area contributed by atoms with Crippen LogP contribution in [-0.4, -0.2) is 24.1 Å². The van der Waals surface area contributed by atoms with Gasteiger partial charge in [-0.2, -0.15) is 0 Å². The molecule has 3 heterocycles. The van der Waals surface area contributed by atoms with E-state index in [4.69, 9.17) is 15.0 Å². The Morgan fingerprint density at radius 1 is 0.258 bits per heavy atom. The molecule has 0 atom stereocenters. The third-order valence-electron chi connectivity index (χ3n) is 12.9. The van der Waals surface area contributed by atoms with Crippen molar-refractivity contribution < 1.29 is 0 Å². The topological polar surface area (TPSA) is 48.5 Å². The number of benzene rings is 10. The maximum atomic E-state index is 5.25. The van der Waals surface area contributed by atoms with Gasteiger partial charge in [0.2, 0.25) is 0 Å². The van der Waals surface area contributed by atoms with Crippen molar-refractivity contribution in [2.24, 2.45) is 0 Å². The highest BCUT2D eigenvalue weighted by atomic mass is 15.0. The zero-order valence-corrected chi connectivity index (χ0v) is 35.8. The first-order valence-corrected chi connectivity index (χ1v) is 22.3. The Balaban J connectivity index is 0.971. The van der Waals surface area contributed by atoms with Crippen LogP contribution in [0.15, 0.2) is 237 Å². The van der Waals surface area contributed by atoms with Gasteiger partial charge in [-0.15, -0.1) is 0 Å². The number of aromatic nitrogens is 5. The second kappa shape index (κ2) is 15.4. The summed E-state index contributed by atoms with van der Waals surface area (Å²) in [4.78, 5) is 15.6. The Morgan fingerprint density at radius 2 is 0.697 bits per heavy atom. The van der Waals surface area contributed by atoms with Crippen molar-refractivity contribution in [3.05, 3.63) is 237 Å². The summed E-state index contributed by atoms with van der Waals surface area (Å²) in [5.41, 5.74) is 14.2. The van der Waals surface area contributed by atoms with Gasteiger partial charge in [0, 0.05) is 49.5 Å². The van der Waals surface area contributed by atoms with E-state index in [1.54, 1.807) is 0 Å². The Kier molecular flexibility index (Phi) is 8.78. The summed E-state index contributed by atoms with van der Waals surface area (Å²) in [5.74, 6) is 1.86. The molecule has 0 aliphatic rings. The molecule has 0 bridgehead atoms. The molecule has 0 aliphatic carbocycles. The summed E-state index contributed by atoms with van der Waals surface area (Å²) in [6.07, 6.45) is 0. The average molecular weight is 842 g/mol. The summed E-state index contributed by atoms with van der Waals surface area (Å²) in [7, 11) is 0. The van der Waals surface area contributed by atoms with E-state index in [2.05, 4.69) is 228 Å². The SMILES string of the molecule is c1ccc(-c2ccc(-n3c4ccccc4c4ccccc43)c(-c3ccc4ccc(-c5nc(-c6ccccc6)nc(-c6cccc(-n7c8ccccc8c8ccccc87)c6)n5)cc4c3)c2)cc1. The first-order valence-electron chi connectivity index (χ1n) is 22.3. The van der Waals surface area contributed by atoms with Crippen molar-refractivity contribution >= 4 is 54.4 Å². The van der Waals surface area contributed by atoms with Gasteiger partial charge in [0.25, 0.3) is 0 Å². The third-order valence-corrected chi connectivity index (χ3v) is 12.9. The van der Waals surface area contributed by atoms with Gasteiger partial charge in [-0.05, 0) is 88.1 Å². The number of hydrogen-bond donors (Lipinski definition) is 0. The molecule has 66 heavy (non-hydrogen) atoms. The Bertz CT molecular complexity index is 3890. The molecule has 0 spiro atoms. The third kappa shape index (κ3) is 6.28. The van der Waals surface area contributed by atoms with Crippen LogP contribution in [0.1, 0.15) is 0 Å². The van der Waals surface area contributed by atoms with E-state index in [9.17, 15) is 0 Å². The molecule has 5 heteroatoms. The molecule has 0 saturated heterocycles. The normalized spacial score (nSPS) is 11.6. The molecular formula is C61H39N5. The molecule has 0 saturated carbocycles. The fraction of sp³-hybridized carbons (Fsp3) is 0. The van der Waals surface area contributed by atoms with Crippen molar-refractivity contribution in [2.75, 3.05) is 0 Å². The summed E-state index contributed by atoms with van der Waals surface area (Å²) < 4.78 is 4.75. The van der Waals surface area contributed by atoms with Crippen molar-refractivity contribution in [3.8, 4) is 67.8 Å². The highest BCUT2D eigenvalue weighted by Crippen LogP contribution is 2.40. The molecule has 0 N–H and O–H groups in total. The summed E-state index contributed by atoms with van der Waals surface area (Å²) in [6, 6.07) is 84.2. The molecule has 13 aromatic rings. The fourth-order valence-corrected chi connectivity index (χ4v) is 9.84. The van der Waals surface area contributed by atoms with Crippen LogP contribution in [-0.2, 0) is 0 Å². The molecule has 0 unspecified atom stereocenters. The van der Waals surface area contributed by atoms with Crippen LogP contribution >= 0.6 is 0 Å². The van der Waals surface area contributed by atoms with Gasteiger partial charge in [0.1, 0.15) is 0 Å². The zero-order chi connectivity index (χ0) is 43.6. The standard InChI is InChI=1S/C61H39N5/c1-3-16-40(17-4-1)43-34-35-58(66-56-28-13-9-24-51(56)52-25-10-14-29-57(52)66)53(39-43)44-32-30-41-31-33-46(37-47(41)36-44)61-63-59(42-18-5-2-6-19-42)62-60(64-61)45-20-15-21-48(38-45)65-54-26-11-7-22-49(54)50-23-8-12-27-55(50)65/h1-39H. The number of fused-ring (bicyclic) bond motifs is 7. The Labute approximate surface area is 381 Å². The highest BCUT2D eigenvalue weighted by molar-refractivity contribution is 6.11. The molecule has 13 rings (SSSR count). The molecule has 10 aromatic carbocycles. The lowest BCUT2D eigenvalue weighted by Crippen LogP contribution is -2.01. The Morgan fingerprint density at radius 3 is 1.29 bits per heavy atom. The predicted octanol–water partition coefficient (Wildman–Crippen LogP) is 15.6. The van der Waals surface area contributed by atoms with E-state index >= 15 is 0 Å². The molecule has 3 aromatic heterocycles. The van der Waals surface area contributed by atoms with Gasteiger partial charge < -0.3 is 9.13 Å². The van der Waals surface area contributed by atoms with Gasteiger partial charge in [0.15, 0.2) is 17.5 Å². The van der Waals surface area contributed by atoms with Gasteiger partial charge in [-0.3, -0.25) is 0 Å². The predicted molar refractivity (Wildman–Crippen MR) is 273 cm³/mol. The zero-order valence-electron chi connectivity index (χ0n) is 35.8. The fourth-order valence-electron chi connectivity index (χ4n) is 9.84. The minimum Gasteiger partial charge on any atom is -0.309 e. The largest absolute Gasteiger partial charge is 0.309 e. The van der Waals surface area contributed by atoms with Crippen LogP contribution in [0.5, 0.6) is 0 Å². The van der Waals surface area contributed by atoms with Crippen molar-refractivity contribution in [3.63, 3.8) is 0 Å². The van der Waals surface area contributed by atoms with Crippen LogP contribution in [0.25, 0.3) is 122 Å². The lowest BCUT2D eigenvalue weighted by Gasteiger charge is -2.17. The first kappa shape index (κ1) is 37.6. The number of hydrogen-bond acceptors (Lipinski definition) is 3. The average Bonchev–Trinajstić information content (AvgIpc) is 3.92. The highest BCUT2D eigenvalue weighted by Gasteiger charge is 2.19. The van der Waals surface area contributed by atoms with Gasteiger partial charge in [-0.1, -0.05) is 176 Å².